The smallest absolute Gasteiger partial charge is 0.269 e. The molecule has 0 saturated heterocycles. The van der Waals surface area contributed by atoms with Crippen LogP contribution in [0.3, 0.4) is 0 Å². The van der Waals surface area contributed by atoms with E-state index in [0.717, 1.165) is 11.1 Å². The molecule has 8 heteroatoms. The highest BCUT2D eigenvalue weighted by Crippen LogP contribution is 2.18. The fourth-order valence-electron chi connectivity index (χ4n) is 3.33. The zero-order chi connectivity index (χ0) is 23.5. The number of thioether (sulfide) groups is 1. The van der Waals surface area contributed by atoms with E-state index < -0.39 is 11.0 Å². The number of carbonyl (C=O) groups is 2. The number of nitro benzene ring substituents is 1. The van der Waals surface area contributed by atoms with Crippen LogP contribution < -0.4 is 5.32 Å². The SMILES string of the molecule is CCC(C(=O)NC(C)C)N(CCc1ccccc1)C(=O)CSCc1ccc([N+](=O)[O-])cc1. The van der Waals surface area contributed by atoms with Crippen molar-refractivity contribution in [3.63, 3.8) is 0 Å². The van der Waals surface area contributed by atoms with Crippen molar-refractivity contribution in [2.75, 3.05) is 12.3 Å². The molecule has 1 N–H and O–H groups in total. The average molecular weight is 458 g/mol. The van der Waals surface area contributed by atoms with E-state index in [4.69, 9.17) is 0 Å². The van der Waals surface area contributed by atoms with Crippen LogP contribution in [0, 0.1) is 10.1 Å². The molecule has 0 aliphatic carbocycles. The molecule has 0 spiro atoms. The Bertz CT molecular complexity index is 888. The summed E-state index contributed by atoms with van der Waals surface area (Å²) in [7, 11) is 0. The first-order valence-corrected chi connectivity index (χ1v) is 11.9. The molecule has 2 rings (SSSR count). The van der Waals surface area contributed by atoms with Crippen LogP contribution in [0.5, 0.6) is 0 Å². The van der Waals surface area contributed by atoms with Gasteiger partial charge < -0.3 is 10.2 Å². The van der Waals surface area contributed by atoms with E-state index in [2.05, 4.69) is 5.32 Å². The molecular formula is C24H31N3O4S. The summed E-state index contributed by atoms with van der Waals surface area (Å²) >= 11 is 1.44. The van der Waals surface area contributed by atoms with E-state index in [1.54, 1.807) is 17.0 Å². The van der Waals surface area contributed by atoms with E-state index in [0.29, 0.717) is 25.1 Å². The predicted octanol–water partition coefficient (Wildman–Crippen LogP) is 4.20. The van der Waals surface area contributed by atoms with E-state index in [1.165, 1.54) is 23.9 Å². The Labute approximate surface area is 193 Å². The topological polar surface area (TPSA) is 92.6 Å². The van der Waals surface area contributed by atoms with Gasteiger partial charge in [0.15, 0.2) is 0 Å². The number of nitrogens with one attached hydrogen (secondary N) is 1. The Kier molecular flexibility index (Phi) is 10.2. The highest BCUT2D eigenvalue weighted by Gasteiger charge is 2.28. The molecular weight excluding hydrogens is 426 g/mol. The summed E-state index contributed by atoms with van der Waals surface area (Å²) in [5.74, 6) is 0.575. The maximum Gasteiger partial charge on any atom is 0.269 e. The van der Waals surface area contributed by atoms with Gasteiger partial charge in [0.25, 0.3) is 5.69 Å². The normalized spacial score (nSPS) is 11.8. The molecule has 2 amide bonds. The minimum absolute atomic E-state index is 0.000798. The van der Waals surface area contributed by atoms with Gasteiger partial charge in [0.1, 0.15) is 6.04 Å². The summed E-state index contributed by atoms with van der Waals surface area (Å²) in [6, 6.07) is 15.7. The second-order valence-electron chi connectivity index (χ2n) is 7.83. The van der Waals surface area contributed by atoms with Gasteiger partial charge in [0.05, 0.1) is 10.7 Å². The highest BCUT2D eigenvalue weighted by molar-refractivity contribution is 7.99. The Balaban J connectivity index is 2.04. The third-order valence-electron chi connectivity index (χ3n) is 4.94. The summed E-state index contributed by atoms with van der Waals surface area (Å²) in [6.45, 7) is 6.18. The number of rotatable bonds is 12. The molecule has 1 atom stereocenters. The van der Waals surface area contributed by atoms with Crippen LogP contribution in [0.25, 0.3) is 0 Å². The Morgan fingerprint density at radius 3 is 2.28 bits per heavy atom. The van der Waals surface area contributed by atoms with E-state index in [1.807, 2.05) is 51.1 Å². The number of benzene rings is 2. The van der Waals surface area contributed by atoms with Gasteiger partial charge in [-0.2, -0.15) is 0 Å². The van der Waals surface area contributed by atoms with Gasteiger partial charge >= 0.3 is 0 Å². The van der Waals surface area contributed by atoms with Crippen molar-refractivity contribution >= 4 is 29.3 Å². The molecule has 0 radical (unpaired) electrons. The maximum absolute atomic E-state index is 13.1. The molecule has 0 aromatic heterocycles. The van der Waals surface area contributed by atoms with Crippen LogP contribution in [0.4, 0.5) is 5.69 Å². The summed E-state index contributed by atoms with van der Waals surface area (Å²) in [5.41, 5.74) is 2.07. The molecule has 0 heterocycles. The minimum Gasteiger partial charge on any atom is -0.352 e. The largest absolute Gasteiger partial charge is 0.352 e. The molecule has 7 nitrogen and oxygen atoms in total. The lowest BCUT2D eigenvalue weighted by Crippen LogP contribution is -2.51. The van der Waals surface area contributed by atoms with Crippen molar-refractivity contribution in [2.45, 2.75) is 51.4 Å². The molecule has 2 aromatic rings. The molecule has 0 aliphatic rings. The number of carbonyl (C=O) groups excluding carboxylic acids is 2. The molecule has 32 heavy (non-hydrogen) atoms. The zero-order valence-corrected chi connectivity index (χ0v) is 19.6. The molecule has 1 unspecified atom stereocenters. The summed E-state index contributed by atoms with van der Waals surface area (Å²) in [4.78, 5) is 37.9. The van der Waals surface area contributed by atoms with Gasteiger partial charge in [-0.1, -0.05) is 49.4 Å². The fraction of sp³-hybridized carbons (Fsp3) is 0.417. The van der Waals surface area contributed by atoms with Crippen molar-refractivity contribution in [3.8, 4) is 0 Å². The number of hydrogen-bond donors (Lipinski definition) is 1. The van der Waals surface area contributed by atoms with E-state index >= 15 is 0 Å². The van der Waals surface area contributed by atoms with Crippen LogP contribution >= 0.6 is 11.8 Å². The van der Waals surface area contributed by atoms with Gasteiger partial charge in [-0.15, -0.1) is 11.8 Å². The number of nitro groups is 1. The first kappa shape index (κ1) is 25.4. The van der Waals surface area contributed by atoms with Crippen LogP contribution in [0.15, 0.2) is 54.6 Å². The first-order valence-electron chi connectivity index (χ1n) is 10.8. The Hall–Kier alpha value is -2.87. The van der Waals surface area contributed by atoms with Crippen molar-refractivity contribution < 1.29 is 14.5 Å². The van der Waals surface area contributed by atoms with E-state index in [9.17, 15) is 19.7 Å². The molecule has 2 aromatic carbocycles. The fourth-order valence-corrected chi connectivity index (χ4v) is 4.20. The molecule has 0 bridgehead atoms. The predicted molar refractivity (Wildman–Crippen MR) is 128 cm³/mol. The number of non-ortho nitro benzene ring substituents is 1. The second kappa shape index (κ2) is 12.9. The number of hydrogen-bond acceptors (Lipinski definition) is 5. The lowest BCUT2D eigenvalue weighted by molar-refractivity contribution is -0.384. The van der Waals surface area contributed by atoms with Crippen LogP contribution in [-0.4, -0.2) is 46.0 Å². The second-order valence-corrected chi connectivity index (χ2v) is 8.81. The quantitative estimate of drug-likeness (QED) is 0.381. The van der Waals surface area contributed by atoms with Gasteiger partial charge in [-0.3, -0.25) is 19.7 Å². The lowest BCUT2D eigenvalue weighted by atomic mass is 10.1. The number of nitrogens with zero attached hydrogens (tertiary/aromatic N) is 2. The Morgan fingerprint density at radius 2 is 1.72 bits per heavy atom. The standard InChI is InChI=1S/C24H31N3O4S/c1-4-22(24(29)25-18(2)3)26(15-14-19-8-6-5-7-9-19)23(28)17-32-16-20-10-12-21(13-11-20)27(30)31/h5-13,18,22H,4,14-17H2,1-3H3,(H,25,29). The van der Waals surface area contributed by atoms with Gasteiger partial charge in [-0.05, 0) is 37.8 Å². The van der Waals surface area contributed by atoms with Gasteiger partial charge in [0, 0.05) is 30.5 Å². The van der Waals surface area contributed by atoms with Crippen molar-refractivity contribution in [1.29, 1.82) is 0 Å². The highest BCUT2D eigenvalue weighted by atomic mass is 32.2. The number of amides is 2. The molecule has 0 aliphatic heterocycles. The maximum atomic E-state index is 13.1. The third-order valence-corrected chi connectivity index (χ3v) is 5.93. The summed E-state index contributed by atoms with van der Waals surface area (Å²) < 4.78 is 0. The summed E-state index contributed by atoms with van der Waals surface area (Å²) in [5, 5.41) is 13.7. The zero-order valence-electron chi connectivity index (χ0n) is 18.8. The molecule has 0 fully saturated rings. The van der Waals surface area contributed by atoms with Crippen LogP contribution in [0.1, 0.15) is 38.3 Å². The Morgan fingerprint density at radius 1 is 1.06 bits per heavy atom. The first-order chi connectivity index (χ1) is 15.3. The molecule has 172 valence electrons. The average Bonchev–Trinajstić information content (AvgIpc) is 2.77. The lowest BCUT2D eigenvalue weighted by Gasteiger charge is -2.31. The van der Waals surface area contributed by atoms with E-state index in [-0.39, 0.29) is 29.3 Å². The van der Waals surface area contributed by atoms with Crippen molar-refractivity contribution in [2.24, 2.45) is 0 Å². The third kappa shape index (κ3) is 8.00. The van der Waals surface area contributed by atoms with Crippen molar-refractivity contribution in [1.82, 2.24) is 10.2 Å². The summed E-state index contributed by atoms with van der Waals surface area (Å²) in [6.07, 6.45) is 1.21. The monoisotopic (exact) mass is 457 g/mol. The molecule has 0 saturated carbocycles. The minimum atomic E-state index is -0.520. The van der Waals surface area contributed by atoms with Crippen LogP contribution in [-0.2, 0) is 21.8 Å². The van der Waals surface area contributed by atoms with Gasteiger partial charge in [0.2, 0.25) is 11.8 Å². The van der Waals surface area contributed by atoms with Gasteiger partial charge in [-0.25, -0.2) is 0 Å². The van der Waals surface area contributed by atoms with Crippen LogP contribution in [0.2, 0.25) is 0 Å². The van der Waals surface area contributed by atoms with Crippen molar-refractivity contribution in [3.05, 3.63) is 75.8 Å².